The van der Waals surface area contributed by atoms with Crippen LogP contribution in [0.2, 0.25) is 0 Å². The van der Waals surface area contributed by atoms with Crippen LogP contribution in [0.3, 0.4) is 0 Å². The smallest absolute Gasteiger partial charge is 0.274 e. The van der Waals surface area contributed by atoms with Crippen LogP contribution in [0, 0.1) is 0 Å². The van der Waals surface area contributed by atoms with Crippen LogP contribution >= 0.6 is 0 Å². The lowest BCUT2D eigenvalue weighted by Crippen LogP contribution is -2.41. The minimum absolute atomic E-state index is 0.107. The highest BCUT2D eigenvalue weighted by Crippen LogP contribution is 2.15. The van der Waals surface area contributed by atoms with Crippen molar-refractivity contribution in [3.05, 3.63) is 64.1 Å². The van der Waals surface area contributed by atoms with Gasteiger partial charge in [0.25, 0.3) is 11.5 Å². The Kier molecular flexibility index (Phi) is 5.28. The summed E-state index contributed by atoms with van der Waals surface area (Å²) in [5.74, 6) is -0.107. The fourth-order valence-electron chi connectivity index (χ4n) is 3.17. The molecule has 1 amide bonds. The van der Waals surface area contributed by atoms with E-state index in [1.807, 2.05) is 11.0 Å². The van der Waals surface area contributed by atoms with Crippen molar-refractivity contribution in [3.63, 3.8) is 0 Å². The van der Waals surface area contributed by atoms with Gasteiger partial charge in [0.15, 0.2) is 0 Å². The first kappa shape index (κ1) is 17.4. The van der Waals surface area contributed by atoms with Crippen LogP contribution in [0.1, 0.15) is 29.4 Å². The van der Waals surface area contributed by atoms with Gasteiger partial charge in [0.05, 0.1) is 0 Å². The molecule has 1 saturated heterocycles. The molecule has 1 unspecified atom stereocenters. The number of rotatable bonds is 3. The number of hydrogen-bond donors (Lipinski definition) is 0. The van der Waals surface area contributed by atoms with Crippen molar-refractivity contribution in [3.8, 4) is 0 Å². The van der Waals surface area contributed by atoms with Crippen LogP contribution in [-0.2, 0) is 13.6 Å². The van der Waals surface area contributed by atoms with E-state index in [1.54, 1.807) is 7.05 Å². The second kappa shape index (κ2) is 7.61. The monoisotopic (exact) mass is 340 g/mol. The van der Waals surface area contributed by atoms with E-state index >= 15 is 0 Å². The number of hydrogen-bond acceptors (Lipinski definition) is 4. The van der Waals surface area contributed by atoms with Crippen molar-refractivity contribution in [1.29, 1.82) is 0 Å². The van der Waals surface area contributed by atoms with E-state index < -0.39 is 0 Å². The molecule has 25 heavy (non-hydrogen) atoms. The lowest BCUT2D eigenvalue weighted by Gasteiger charge is -2.26. The molecule has 1 aliphatic heterocycles. The Morgan fingerprint density at radius 1 is 1.12 bits per heavy atom. The van der Waals surface area contributed by atoms with Crippen LogP contribution < -0.4 is 5.56 Å². The molecule has 2 heterocycles. The van der Waals surface area contributed by atoms with E-state index in [0.717, 1.165) is 26.1 Å². The Hall–Kier alpha value is -2.47. The van der Waals surface area contributed by atoms with Crippen molar-refractivity contribution in [2.24, 2.45) is 7.05 Å². The Balaban J connectivity index is 1.69. The van der Waals surface area contributed by atoms with Crippen molar-refractivity contribution in [2.45, 2.75) is 25.9 Å². The second-order valence-corrected chi connectivity index (χ2v) is 6.58. The molecule has 0 N–H and O–H groups in total. The predicted octanol–water partition coefficient (Wildman–Crippen LogP) is 1.52. The van der Waals surface area contributed by atoms with E-state index in [0.29, 0.717) is 12.2 Å². The average molecular weight is 340 g/mol. The molecule has 0 radical (unpaired) electrons. The molecule has 1 aliphatic rings. The molecule has 0 saturated carbocycles. The van der Waals surface area contributed by atoms with Crippen LogP contribution in [0.25, 0.3) is 0 Å². The summed E-state index contributed by atoms with van der Waals surface area (Å²) in [7, 11) is 1.56. The van der Waals surface area contributed by atoms with Crippen molar-refractivity contribution in [2.75, 3.05) is 19.6 Å². The highest BCUT2D eigenvalue weighted by atomic mass is 16.2. The van der Waals surface area contributed by atoms with E-state index in [1.165, 1.54) is 22.4 Å². The van der Waals surface area contributed by atoms with Crippen LogP contribution in [0.4, 0.5) is 0 Å². The van der Waals surface area contributed by atoms with Gasteiger partial charge in [-0.3, -0.25) is 14.5 Å². The first-order chi connectivity index (χ1) is 12.0. The van der Waals surface area contributed by atoms with E-state index in [4.69, 9.17) is 0 Å². The van der Waals surface area contributed by atoms with E-state index in [2.05, 4.69) is 41.2 Å². The fourth-order valence-corrected chi connectivity index (χ4v) is 3.17. The third kappa shape index (κ3) is 4.14. The van der Waals surface area contributed by atoms with Gasteiger partial charge in [0.2, 0.25) is 0 Å². The SMILES string of the molecule is CC1CCN(Cc2ccccc2)CCN1C(=O)c1ccc(=O)n(C)n1. The van der Waals surface area contributed by atoms with Gasteiger partial charge < -0.3 is 4.90 Å². The number of aryl methyl sites for hydroxylation is 1. The summed E-state index contributed by atoms with van der Waals surface area (Å²) in [6.07, 6.45) is 0.921. The average Bonchev–Trinajstić information content (AvgIpc) is 2.79. The van der Waals surface area contributed by atoms with Crippen LogP contribution in [-0.4, -0.2) is 51.2 Å². The number of nitrogens with zero attached hydrogens (tertiary/aromatic N) is 4. The van der Waals surface area contributed by atoms with Crippen LogP contribution in [0.15, 0.2) is 47.3 Å². The molecule has 0 bridgehead atoms. The number of carbonyl (C=O) groups is 1. The second-order valence-electron chi connectivity index (χ2n) is 6.58. The maximum atomic E-state index is 12.8. The highest BCUT2D eigenvalue weighted by molar-refractivity contribution is 5.92. The van der Waals surface area contributed by atoms with Gasteiger partial charge in [-0.1, -0.05) is 30.3 Å². The quantitative estimate of drug-likeness (QED) is 0.850. The Morgan fingerprint density at radius 3 is 2.60 bits per heavy atom. The number of carbonyl (C=O) groups excluding carboxylic acids is 1. The van der Waals surface area contributed by atoms with E-state index in [9.17, 15) is 9.59 Å². The zero-order valence-corrected chi connectivity index (χ0v) is 14.8. The van der Waals surface area contributed by atoms with Gasteiger partial charge in [-0.25, -0.2) is 4.68 Å². The molecule has 2 aromatic rings. The lowest BCUT2D eigenvalue weighted by molar-refractivity contribution is 0.0692. The molecular weight excluding hydrogens is 316 g/mol. The normalized spacial score (nSPS) is 18.8. The zero-order chi connectivity index (χ0) is 17.8. The standard InChI is InChI=1S/C19H24N4O2/c1-15-10-11-22(14-16-6-4-3-5-7-16)12-13-23(15)19(25)17-8-9-18(24)21(2)20-17/h3-9,15H,10-14H2,1-2H3. The fraction of sp³-hybridized carbons (Fsp3) is 0.421. The van der Waals surface area contributed by atoms with Gasteiger partial charge in [0, 0.05) is 45.3 Å². The van der Waals surface area contributed by atoms with Gasteiger partial charge in [0.1, 0.15) is 5.69 Å². The Labute approximate surface area is 147 Å². The van der Waals surface area contributed by atoms with Crippen molar-refractivity contribution in [1.82, 2.24) is 19.6 Å². The topological polar surface area (TPSA) is 58.4 Å². The third-order valence-electron chi connectivity index (χ3n) is 4.74. The van der Waals surface area contributed by atoms with E-state index in [-0.39, 0.29) is 17.5 Å². The highest BCUT2D eigenvalue weighted by Gasteiger charge is 2.26. The molecule has 3 rings (SSSR count). The maximum Gasteiger partial charge on any atom is 0.274 e. The molecule has 1 aromatic carbocycles. The molecule has 1 atom stereocenters. The predicted molar refractivity (Wildman–Crippen MR) is 96.3 cm³/mol. The van der Waals surface area contributed by atoms with Gasteiger partial charge in [-0.15, -0.1) is 0 Å². The minimum Gasteiger partial charge on any atom is -0.333 e. The summed E-state index contributed by atoms with van der Waals surface area (Å²) >= 11 is 0. The van der Waals surface area contributed by atoms with Crippen LogP contribution in [0.5, 0.6) is 0 Å². The largest absolute Gasteiger partial charge is 0.333 e. The molecule has 6 nitrogen and oxygen atoms in total. The molecule has 1 fully saturated rings. The number of aromatic nitrogens is 2. The number of benzene rings is 1. The molecule has 132 valence electrons. The molecule has 0 spiro atoms. The summed E-state index contributed by atoms with van der Waals surface area (Å²) in [5, 5.41) is 4.10. The van der Waals surface area contributed by atoms with Gasteiger partial charge in [-0.05, 0) is 25.0 Å². The Morgan fingerprint density at radius 2 is 1.88 bits per heavy atom. The number of amides is 1. The lowest BCUT2D eigenvalue weighted by atomic mass is 10.2. The Bertz CT molecular complexity index is 788. The summed E-state index contributed by atoms with van der Waals surface area (Å²) in [4.78, 5) is 28.6. The first-order valence-electron chi connectivity index (χ1n) is 8.66. The molecule has 1 aromatic heterocycles. The zero-order valence-electron chi connectivity index (χ0n) is 14.8. The summed E-state index contributed by atoms with van der Waals surface area (Å²) in [6.45, 7) is 5.42. The molecular formula is C19H24N4O2. The minimum atomic E-state index is -0.213. The summed E-state index contributed by atoms with van der Waals surface area (Å²) in [5.41, 5.74) is 1.40. The first-order valence-corrected chi connectivity index (χ1v) is 8.66. The summed E-state index contributed by atoms with van der Waals surface area (Å²) < 4.78 is 1.21. The summed E-state index contributed by atoms with van der Waals surface area (Å²) in [6, 6.07) is 13.4. The van der Waals surface area contributed by atoms with Crippen molar-refractivity contribution < 1.29 is 4.79 Å². The van der Waals surface area contributed by atoms with Crippen molar-refractivity contribution >= 4 is 5.91 Å². The maximum absolute atomic E-state index is 12.8. The molecule has 0 aliphatic carbocycles. The third-order valence-corrected chi connectivity index (χ3v) is 4.74. The molecule has 6 heteroatoms. The van der Waals surface area contributed by atoms with Gasteiger partial charge in [-0.2, -0.15) is 5.10 Å². The van der Waals surface area contributed by atoms with Gasteiger partial charge >= 0.3 is 0 Å².